The van der Waals surface area contributed by atoms with E-state index in [4.69, 9.17) is 4.74 Å². The third kappa shape index (κ3) is 4.83. The first-order valence-corrected chi connectivity index (χ1v) is 11.2. The van der Waals surface area contributed by atoms with Crippen LogP contribution in [-0.4, -0.2) is 54.5 Å². The van der Waals surface area contributed by atoms with Crippen LogP contribution in [0.15, 0.2) is 24.3 Å². The largest absolute Gasteiger partial charge is 0.378 e. The minimum Gasteiger partial charge on any atom is -0.378 e. The van der Waals surface area contributed by atoms with Crippen LogP contribution in [-0.2, 0) is 14.3 Å². The quantitative estimate of drug-likeness (QED) is 0.608. The van der Waals surface area contributed by atoms with E-state index in [2.05, 4.69) is 10.6 Å². The van der Waals surface area contributed by atoms with Gasteiger partial charge in [0, 0.05) is 24.8 Å². The van der Waals surface area contributed by atoms with Crippen molar-refractivity contribution in [2.24, 2.45) is 0 Å². The lowest BCUT2D eigenvalue weighted by Gasteiger charge is -2.24. The molecule has 3 aliphatic rings. The number of amides is 3. The highest BCUT2D eigenvalue weighted by Crippen LogP contribution is 2.41. The fraction of sp³-hybridized carbons (Fsp3) is 0.609. The molecule has 7 heteroatoms. The van der Waals surface area contributed by atoms with E-state index in [1.54, 1.807) is 11.0 Å². The third-order valence-corrected chi connectivity index (χ3v) is 6.16. The molecule has 1 heterocycles. The van der Waals surface area contributed by atoms with Crippen LogP contribution in [0.4, 0.5) is 0 Å². The van der Waals surface area contributed by atoms with Gasteiger partial charge in [-0.05, 0) is 43.7 Å². The molecule has 1 atom stereocenters. The highest BCUT2D eigenvalue weighted by Gasteiger charge is 2.47. The SMILES string of the molecule is O=C(CNC(=O)C1c2ccccc2C(=O)N1C1CC1)NCCCOC1CCCCC1. The van der Waals surface area contributed by atoms with Crippen molar-refractivity contribution in [3.63, 3.8) is 0 Å². The number of carbonyl (C=O) groups excluding carboxylic acids is 3. The van der Waals surface area contributed by atoms with Gasteiger partial charge in [-0.15, -0.1) is 0 Å². The van der Waals surface area contributed by atoms with Crippen molar-refractivity contribution >= 4 is 17.7 Å². The fourth-order valence-corrected chi connectivity index (χ4v) is 4.44. The van der Waals surface area contributed by atoms with E-state index in [1.165, 1.54) is 19.3 Å². The molecule has 1 aromatic carbocycles. The Bertz CT molecular complexity index is 786. The van der Waals surface area contributed by atoms with Gasteiger partial charge in [0.1, 0.15) is 6.04 Å². The van der Waals surface area contributed by atoms with Crippen molar-refractivity contribution in [2.75, 3.05) is 19.7 Å². The highest BCUT2D eigenvalue weighted by atomic mass is 16.5. The number of hydrogen-bond acceptors (Lipinski definition) is 4. The molecule has 0 spiro atoms. The third-order valence-electron chi connectivity index (χ3n) is 6.16. The molecule has 1 aliphatic heterocycles. The van der Waals surface area contributed by atoms with Crippen LogP contribution < -0.4 is 10.6 Å². The van der Waals surface area contributed by atoms with Crippen LogP contribution in [0.1, 0.15) is 73.3 Å². The maximum absolute atomic E-state index is 12.8. The average Bonchev–Trinajstić information content (AvgIpc) is 3.56. The number of carbonyl (C=O) groups is 3. The topological polar surface area (TPSA) is 87.7 Å². The molecular weight excluding hydrogens is 382 g/mol. The van der Waals surface area contributed by atoms with E-state index in [1.807, 2.05) is 18.2 Å². The van der Waals surface area contributed by atoms with Crippen molar-refractivity contribution in [3.05, 3.63) is 35.4 Å². The number of fused-ring (bicyclic) bond motifs is 1. The summed E-state index contributed by atoms with van der Waals surface area (Å²) in [5.74, 6) is -0.608. The molecule has 30 heavy (non-hydrogen) atoms. The molecule has 7 nitrogen and oxygen atoms in total. The predicted octanol–water partition coefficient (Wildman–Crippen LogP) is 2.32. The highest BCUT2D eigenvalue weighted by molar-refractivity contribution is 6.05. The Morgan fingerprint density at radius 1 is 1.03 bits per heavy atom. The Kier molecular flexibility index (Phi) is 6.67. The Morgan fingerprint density at radius 3 is 2.57 bits per heavy atom. The van der Waals surface area contributed by atoms with Crippen molar-refractivity contribution in [3.8, 4) is 0 Å². The van der Waals surface area contributed by atoms with Gasteiger partial charge in [0.2, 0.25) is 11.8 Å². The molecule has 2 saturated carbocycles. The van der Waals surface area contributed by atoms with Crippen molar-refractivity contribution in [1.29, 1.82) is 0 Å². The smallest absolute Gasteiger partial charge is 0.255 e. The maximum atomic E-state index is 12.8. The van der Waals surface area contributed by atoms with Crippen LogP contribution >= 0.6 is 0 Å². The summed E-state index contributed by atoms with van der Waals surface area (Å²) >= 11 is 0. The Morgan fingerprint density at radius 2 is 1.80 bits per heavy atom. The number of benzene rings is 1. The first-order chi connectivity index (χ1) is 14.6. The van der Waals surface area contributed by atoms with Crippen molar-refractivity contribution in [1.82, 2.24) is 15.5 Å². The lowest BCUT2D eigenvalue weighted by Crippen LogP contribution is -2.44. The second-order valence-electron chi connectivity index (χ2n) is 8.49. The Balaban J connectivity index is 1.20. The maximum Gasteiger partial charge on any atom is 0.255 e. The van der Waals surface area contributed by atoms with Crippen molar-refractivity contribution in [2.45, 2.75) is 69.6 Å². The number of rotatable bonds is 9. The van der Waals surface area contributed by atoms with Gasteiger partial charge in [-0.2, -0.15) is 0 Å². The molecule has 0 bridgehead atoms. The summed E-state index contributed by atoms with van der Waals surface area (Å²) in [7, 11) is 0. The Hall–Kier alpha value is -2.41. The second kappa shape index (κ2) is 9.60. The van der Waals surface area contributed by atoms with E-state index in [0.717, 1.165) is 37.7 Å². The number of nitrogens with one attached hydrogen (secondary N) is 2. The summed E-state index contributed by atoms with van der Waals surface area (Å²) in [5, 5.41) is 5.54. The molecule has 1 aromatic rings. The molecule has 2 fully saturated rings. The Labute approximate surface area is 177 Å². The van der Waals surface area contributed by atoms with Gasteiger partial charge in [-0.25, -0.2) is 0 Å². The summed E-state index contributed by atoms with van der Waals surface area (Å²) < 4.78 is 5.86. The molecule has 2 N–H and O–H groups in total. The molecule has 0 saturated heterocycles. The zero-order chi connectivity index (χ0) is 20.9. The van der Waals surface area contributed by atoms with Crippen LogP contribution in [0.2, 0.25) is 0 Å². The standard InChI is InChI=1S/C23H31N3O4/c27-20(24-13-6-14-30-17-7-2-1-3-8-17)15-25-22(28)21-18-9-4-5-10-19(18)23(29)26(21)16-11-12-16/h4-5,9-10,16-17,21H,1-3,6-8,11-15H2,(H,24,27)(H,25,28). The van der Waals surface area contributed by atoms with Gasteiger partial charge in [0.15, 0.2) is 0 Å². The monoisotopic (exact) mass is 413 g/mol. The molecule has 162 valence electrons. The van der Waals surface area contributed by atoms with Crippen LogP contribution in [0.3, 0.4) is 0 Å². The minimum absolute atomic E-state index is 0.0873. The summed E-state index contributed by atoms with van der Waals surface area (Å²) in [5.41, 5.74) is 1.32. The second-order valence-corrected chi connectivity index (χ2v) is 8.49. The van der Waals surface area contributed by atoms with Gasteiger partial charge < -0.3 is 20.3 Å². The van der Waals surface area contributed by atoms with Gasteiger partial charge in [-0.1, -0.05) is 37.5 Å². The van der Waals surface area contributed by atoms with E-state index >= 15 is 0 Å². The van der Waals surface area contributed by atoms with Gasteiger partial charge in [-0.3, -0.25) is 14.4 Å². The number of hydrogen-bond donors (Lipinski definition) is 2. The minimum atomic E-state index is -0.641. The molecular formula is C23H31N3O4. The van der Waals surface area contributed by atoms with Crippen LogP contribution in [0.5, 0.6) is 0 Å². The van der Waals surface area contributed by atoms with E-state index in [-0.39, 0.29) is 30.3 Å². The number of ether oxygens (including phenoxy) is 1. The summed E-state index contributed by atoms with van der Waals surface area (Å²) in [6.45, 7) is 1.09. The van der Waals surface area contributed by atoms with Gasteiger partial charge >= 0.3 is 0 Å². The van der Waals surface area contributed by atoms with E-state index < -0.39 is 6.04 Å². The normalized spacial score (nSPS) is 21.4. The van der Waals surface area contributed by atoms with E-state index in [9.17, 15) is 14.4 Å². The van der Waals surface area contributed by atoms with Crippen LogP contribution in [0, 0.1) is 0 Å². The van der Waals surface area contributed by atoms with Gasteiger partial charge in [0.25, 0.3) is 5.91 Å². The number of nitrogens with zero attached hydrogens (tertiary/aromatic N) is 1. The molecule has 0 aromatic heterocycles. The lowest BCUT2D eigenvalue weighted by atomic mass is 9.98. The first-order valence-electron chi connectivity index (χ1n) is 11.2. The fourth-order valence-electron chi connectivity index (χ4n) is 4.44. The average molecular weight is 414 g/mol. The summed E-state index contributed by atoms with van der Waals surface area (Å²) in [6.07, 6.45) is 9.07. The van der Waals surface area contributed by atoms with E-state index in [0.29, 0.717) is 24.8 Å². The summed E-state index contributed by atoms with van der Waals surface area (Å²) in [4.78, 5) is 39.3. The lowest BCUT2D eigenvalue weighted by molar-refractivity contribution is -0.129. The zero-order valence-corrected chi connectivity index (χ0v) is 17.4. The molecule has 2 aliphatic carbocycles. The summed E-state index contributed by atoms with van der Waals surface area (Å²) in [6, 6.07) is 6.73. The molecule has 1 unspecified atom stereocenters. The predicted molar refractivity (Wildman–Crippen MR) is 112 cm³/mol. The van der Waals surface area contributed by atoms with Gasteiger partial charge in [0.05, 0.1) is 12.6 Å². The van der Waals surface area contributed by atoms with Crippen LogP contribution in [0.25, 0.3) is 0 Å². The zero-order valence-electron chi connectivity index (χ0n) is 17.4. The molecule has 3 amide bonds. The molecule has 4 rings (SSSR count). The van der Waals surface area contributed by atoms with Crippen molar-refractivity contribution < 1.29 is 19.1 Å². The first kappa shape index (κ1) is 20.8. The molecule has 0 radical (unpaired) electrons.